The van der Waals surface area contributed by atoms with Crippen LogP contribution in [0.4, 0.5) is 13.2 Å². The zero-order valence-electron chi connectivity index (χ0n) is 11.6. The molecule has 1 heterocycles. The summed E-state index contributed by atoms with van der Waals surface area (Å²) in [4.78, 5) is 16.0. The zero-order chi connectivity index (χ0) is 16.4. The van der Waals surface area contributed by atoms with Crippen LogP contribution in [0.1, 0.15) is 21.8 Å². The van der Waals surface area contributed by atoms with E-state index in [9.17, 15) is 18.0 Å². The van der Waals surface area contributed by atoms with Crippen molar-refractivity contribution in [2.45, 2.75) is 12.8 Å². The molecule has 0 unspecified atom stereocenters. The highest BCUT2D eigenvalue weighted by Gasteiger charge is 2.31. The quantitative estimate of drug-likeness (QED) is 0.678. The van der Waals surface area contributed by atoms with Gasteiger partial charge in [0.1, 0.15) is 5.52 Å². The third-order valence-corrected chi connectivity index (χ3v) is 3.09. The molecule has 0 fully saturated rings. The number of ether oxygens (including phenoxy) is 1. The molecule has 0 N–H and O–H groups in total. The Bertz CT molecular complexity index is 822. The van der Waals surface area contributed by atoms with Crippen molar-refractivity contribution in [2.24, 2.45) is 0 Å². The molecule has 0 saturated heterocycles. The smallest absolute Gasteiger partial charge is 0.416 e. The normalized spacial score (nSPS) is 11.6. The Morgan fingerprint density at radius 2 is 1.91 bits per heavy atom. The first kappa shape index (κ1) is 15.1. The minimum absolute atomic E-state index is 0.173. The van der Waals surface area contributed by atoms with Gasteiger partial charge in [0.15, 0.2) is 12.2 Å². The Kier molecular flexibility index (Phi) is 3.77. The molecule has 0 amide bonds. The van der Waals surface area contributed by atoms with Gasteiger partial charge in [-0.05, 0) is 30.3 Å². The van der Waals surface area contributed by atoms with Gasteiger partial charge in [0.2, 0.25) is 5.89 Å². The van der Waals surface area contributed by atoms with E-state index < -0.39 is 17.7 Å². The van der Waals surface area contributed by atoms with Crippen molar-refractivity contribution >= 4 is 17.1 Å². The third-order valence-electron chi connectivity index (χ3n) is 3.09. The number of nitrogens with zero attached hydrogens (tertiary/aromatic N) is 1. The monoisotopic (exact) mass is 321 g/mol. The standard InChI is InChI=1S/C16H10F3NO3/c17-16(18,19)11-5-3-4-10(8-11)15(21)22-9-14-20-12-6-1-2-7-13(12)23-14/h1-8H,9H2. The van der Waals surface area contributed by atoms with Gasteiger partial charge in [0.25, 0.3) is 0 Å². The molecular weight excluding hydrogens is 311 g/mol. The van der Waals surface area contributed by atoms with E-state index in [2.05, 4.69) is 4.98 Å². The molecule has 0 radical (unpaired) electrons. The Labute approximate surface area is 128 Å². The minimum atomic E-state index is -4.52. The maximum absolute atomic E-state index is 12.6. The lowest BCUT2D eigenvalue weighted by Gasteiger charge is -2.08. The van der Waals surface area contributed by atoms with Crippen molar-refractivity contribution < 1.29 is 27.1 Å². The summed E-state index contributed by atoms with van der Waals surface area (Å²) in [5.74, 6) is -0.704. The van der Waals surface area contributed by atoms with Crippen LogP contribution in [0.15, 0.2) is 52.9 Å². The minimum Gasteiger partial charge on any atom is -0.452 e. The number of esters is 1. The molecule has 4 nitrogen and oxygen atoms in total. The molecule has 3 aromatic rings. The summed E-state index contributed by atoms with van der Waals surface area (Å²) >= 11 is 0. The molecule has 0 aliphatic rings. The van der Waals surface area contributed by atoms with Crippen molar-refractivity contribution in [3.63, 3.8) is 0 Å². The van der Waals surface area contributed by atoms with Crippen molar-refractivity contribution in [3.05, 3.63) is 65.5 Å². The van der Waals surface area contributed by atoms with E-state index in [0.29, 0.717) is 11.1 Å². The van der Waals surface area contributed by atoms with Crippen LogP contribution in [0.3, 0.4) is 0 Å². The van der Waals surface area contributed by atoms with Crippen molar-refractivity contribution in [1.82, 2.24) is 4.98 Å². The number of fused-ring (bicyclic) bond motifs is 1. The van der Waals surface area contributed by atoms with Gasteiger partial charge >= 0.3 is 12.1 Å². The summed E-state index contributed by atoms with van der Waals surface area (Å²) in [7, 11) is 0. The number of halogens is 3. The van der Waals surface area contributed by atoms with E-state index in [4.69, 9.17) is 9.15 Å². The number of hydrogen-bond donors (Lipinski definition) is 0. The SMILES string of the molecule is O=C(OCc1nc2ccccc2o1)c1cccc(C(F)(F)F)c1. The van der Waals surface area contributed by atoms with Crippen LogP contribution in [0.2, 0.25) is 0 Å². The van der Waals surface area contributed by atoms with E-state index in [0.717, 1.165) is 18.2 Å². The van der Waals surface area contributed by atoms with Gasteiger partial charge in [-0.1, -0.05) is 18.2 Å². The molecule has 0 saturated carbocycles. The van der Waals surface area contributed by atoms with Crippen molar-refractivity contribution in [3.8, 4) is 0 Å². The largest absolute Gasteiger partial charge is 0.452 e. The summed E-state index contributed by atoms with van der Waals surface area (Å²) in [5, 5.41) is 0. The molecular formula is C16H10F3NO3. The lowest BCUT2D eigenvalue weighted by atomic mass is 10.1. The van der Waals surface area contributed by atoms with Crippen LogP contribution in [0.5, 0.6) is 0 Å². The van der Waals surface area contributed by atoms with Gasteiger partial charge in [-0.2, -0.15) is 13.2 Å². The summed E-state index contributed by atoms with van der Waals surface area (Å²) in [5.41, 5.74) is 0.0555. The van der Waals surface area contributed by atoms with E-state index in [1.54, 1.807) is 24.3 Å². The van der Waals surface area contributed by atoms with Gasteiger partial charge in [0.05, 0.1) is 11.1 Å². The van der Waals surface area contributed by atoms with E-state index in [1.807, 2.05) is 0 Å². The number of aromatic nitrogens is 1. The molecule has 118 valence electrons. The predicted octanol–water partition coefficient (Wildman–Crippen LogP) is 4.20. The molecule has 7 heteroatoms. The second-order valence-corrected chi connectivity index (χ2v) is 4.73. The lowest BCUT2D eigenvalue weighted by molar-refractivity contribution is -0.137. The van der Waals surface area contributed by atoms with E-state index in [1.165, 1.54) is 6.07 Å². The summed E-state index contributed by atoms with van der Waals surface area (Å²) in [6.07, 6.45) is -4.52. The predicted molar refractivity (Wildman–Crippen MR) is 74.6 cm³/mol. The van der Waals surface area contributed by atoms with Gasteiger partial charge < -0.3 is 9.15 Å². The van der Waals surface area contributed by atoms with Gasteiger partial charge in [-0.25, -0.2) is 9.78 Å². The van der Waals surface area contributed by atoms with Crippen LogP contribution >= 0.6 is 0 Å². The number of carbonyl (C=O) groups excluding carboxylic acids is 1. The van der Waals surface area contributed by atoms with Crippen LogP contribution in [-0.4, -0.2) is 11.0 Å². The van der Waals surface area contributed by atoms with Crippen molar-refractivity contribution in [1.29, 1.82) is 0 Å². The molecule has 3 rings (SSSR count). The molecule has 0 bridgehead atoms. The highest BCUT2D eigenvalue weighted by molar-refractivity contribution is 5.89. The van der Waals surface area contributed by atoms with E-state index >= 15 is 0 Å². The van der Waals surface area contributed by atoms with Crippen LogP contribution < -0.4 is 0 Å². The molecule has 0 atom stereocenters. The first-order valence-corrected chi connectivity index (χ1v) is 6.62. The number of oxazole rings is 1. The maximum atomic E-state index is 12.6. The average Bonchev–Trinajstić information content (AvgIpc) is 2.95. The van der Waals surface area contributed by atoms with Crippen LogP contribution in [-0.2, 0) is 17.5 Å². The molecule has 23 heavy (non-hydrogen) atoms. The summed E-state index contributed by atoms with van der Waals surface area (Å²) < 4.78 is 48.2. The summed E-state index contributed by atoms with van der Waals surface area (Å²) in [6.45, 7) is -0.260. The number of hydrogen-bond acceptors (Lipinski definition) is 4. The highest BCUT2D eigenvalue weighted by Crippen LogP contribution is 2.29. The van der Waals surface area contributed by atoms with Gasteiger partial charge in [-0.15, -0.1) is 0 Å². The topological polar surface area (TPSA) is 52.3 Å². The number of alkyl halides is 3. The van der Waals surface area contributed by atoms with Crippen LogP contribution in [0, 0.1) is 0 Å². The molecule has 0 aliphatic heterocycles. The number of rotatable bonds is 3. The molecule has 1 aromatic heterocycles. The molecule has 2 aromatic carbocycles. The Morgan fingerprint density at radius 1 is 1.13 bits per heavy atom. The van der Waals surface area contributed by atoms with E-state index in [-0.39, 0.29) is 18.1 Å². The van der Waals surface area contributed by atoms with Gasteiger partial charge in [-0.3, -0.25) is 0 Å². The lowest BCUT2D eigenvalue weighted by Crippen LogP contribution is -2.09. The fourth-order valence-electron chi connectivity index (χ4n) is 2.01. The zero-order valence-corrected chi connectivity index (χ0v) is 11.6. The molecule has 0 spiro atoms. The van der Waals surface area contributed by atoms with Gasteiger partial charge in [0, 0.05) is 0 Å². The maximum Gasteiger partial charge on any atom is 0.416 e. The van der Waals surface area contributed by atoms with Crippen molar-refractivity contribution in [2.75, 3.05) is 0 Å². The number of para-hydroxylation sites is 2. The highest BCUT2D eigenvalue weighted by atomic mass is 19.4. The second kappa shape index (κ2) is 5.75. The third kappa shape index (κ3) is 3.33. The fraction of sp³-hybridized carbons (Fsp3) is 0.125. The number of benzene rings is 2. The Hall–Kier alpha value is -2.83. The first-order valence-electron chi connectivity index (χ1n) is 6.62. The molecule has 0 aliphatic carbocycles. The Balaban J connectivity index is 1.72. The first-order chi connectivity index (χ1) is 10.9. The average molecular weight is 321 g/mol. The Morgan fingerprint density at radius 3 is 2.65 bits per heavy atom. The van der Waals surface area contributed by atoms with Crippen LogP contribution in [0.25, 0.3) is 11.1 Å². The fourth-order valence-corrected chi connectivity index (χ4v) is 2.01. The number of carbonyl (C=O) groups is 1. The summed E-state index contributed by atoms with van der Waals surface area (Å²) in [6, 6.07) is 11.0. The second-order valence-electron chi connectivity index (χ2n) is 4.73.